The van der Waals surface area contributed by atoms with Crippen molar-refractivity contribution in [3.05, 3.63) is 34.4 Å². The number of esters is 1. The summed E-state index contributed by atoms with van der Waals surface area (Å²) >= 11 is 0. The fourth-order valence-electron chi connectivity index (χ4n) is 2.81. The third-order valence-electron chi connectivity index (χ3n) is 3.89. The summed E-state index contributed by atoms with van der Waals surface area (Å²) in [4.78, 5) is 22.8. The molecule has 0 radical (unpaired) electrons. The van der Waals surface area contributed by atoms with Crippen LogP contribution in [-0.4, -0.2) is 43.5 Å². The summed E-state index contributed by atoms with van der Waals surface area (Å²) in [6.07, 6.45) is 1.00. The molecule has 1 N–H and O–H groups in total. The summed E-state index contributed by atoms with van der Waals surface area (Å²) in [7, 11) is 1.53. The maximum atomic E-state index is 12.4. The molecular weight excluding hydrogens is 316 g/mol. The molecule has 1 aromatic carbocycles. The van der Waals surface area contributed by atoms with Crippen molar-refractivity contribution < 1.29 is 23.9 Å². The van der Waals surface area contributed by atoms with Gasteiger partial charge >= 0.3 is 5.97 Å². The van der Waals surface area contributed by atoms with Crippen molar-refractivity contribution in [2.45, 2.75) is 32.1 Å². The Morgan fingerprint density at radius 3 is 3.00 bits per heavy atom. The average molecular weight is 338 g/mol. The van der Waals surface area contributed by atoms with Crippen molar-refractivity contribution in [2.24, 2.45) is 5.92 Å². The van der Waals surface area contributed by atoms with Gasteiger partial charge in [0.25, 0.3) is 5.69 Å². The first-order valence-corrected chi connectivity index (χ1v) is 7.88. The Morgan fingerprint density at radius 2 is 2.33 bits per heavy atom. The van der Waals surface area contributed by atoms with Crippen LogP contribution in [0.15, 0.2) is 24.3 Å². The highest BCUT2D eigenvalue weighted by Crippen LogP contribution is 2.28. The van der Waals surface area contributed by atoms with E-state index in [1.54, 1.807) is 19.1 Å². The molecule has 3 atom stereocenters. The third-order valence-corrected chi connectivity index (χ3v) is 3.89. The number of benzene rings is 1. The van der Waals surface area contributed by atoms with Crippen molar-refractivity contribution in [1.29, 1.82) is 0 Å². The zero-order valence-corrected chi connectivity index (χ0v) is 13.8. The average Bonchev–Trinajstić information content (AvgIpc) is 2.60. The summed E-state index contributed by atoms with van der Waals surface area (Å²) in [5.74, 6) is -0.677. The van der Waals surface area contributed by atoms with Gasteiger partial charge in [0.1, 0.15) is 6.04 Å². The third kappa shape index (κ3) is 4.42. The Balaban J connectivity index is 2.24. The van der Waals surface area contributed by atoms with Gasteiger partial charge in [0.15, 0.2) is 6.29 Å². The number of nitrogens with zero attached hydrogens (tertiary/aromatic N) is 1. The second-order valence-electron chi connectivity index (χ2n) is 5.46. The summed E-state index contributed by atoms with van der Waals surface area (Å²) in [6, 6.07) is 5.31. The first kappa shape index (κ1) is 18.2. The summed E-state index contributed by atoms with van der Waals surface area (Å²) < 4.78 is 16.1. The molecule has 0 spiro atoms. The number of nitro groups is 1. The lowest BCUT2D eigenvalue weighted by Gasteiger charge is -2.35. The van der Waals surface area contributed by atoms with Gasteiger partial charge in [-0.05, 0) is 25.8 Å². The molecule has 0 aromatic heterocycles. The first-order chi connectivity index (χ1) is 11.6. The molecule has 0 amide bonds. The number of non-ortho nitro benzene ring substituents is 1. The van der Waals surface area contributed by atoms with Gasteiger partial charge in [0, 0.05) is 37.5 Å². The van der Waals surface area contributed by atoms with E-state index in [0.717, 1.165) is 12.8 Å². The quantitative estimate of drug-likeness (QED) is 0.462. The van der Waals surface area contributed by atoms with Gasteiger partial charge in [0.2, 0.25) is 0 Å². The fourth-order valence-corrected chi connectivity index (χ4v) is 2.81. The number of anilines is 1. The molecule has 24 heavy (non-hydrogen) atoms. The molecule has 1 fully saturated rings. The molecule has 0 saturated carbocycles. The Bertz CT molecular complexity index is 579. The maximum Gasteiger partial charge on any atom is 0.329 e. The Hall–Kier alpha value is -2.19. The second kappa shape index (κ2) is 8.60. The lowest BCUT2D eigenvalue weighted by atomic mass is 9.91. The van der Waals surface area contributed by atoms with Crippen molar-refractivity contribution in [3.8, 4) is 0 Å². The summed E-state index contributed by atoms with van der Waals surface area (Å²) in [6.45, 7) is 2.55. The number of carbonyl (C=O) groups excluding carboxylic acids is 1. The van der Waals surface area contributed by atoms with Gasteiger partial charge in [0.05, 0.1) is 11.5 Å². The van der Waals surface area contributed by atoms with Crippen LogP contribution in [0.2, 0.25) is 0 Å². The van der Waals surface area contributed by atoms with E-state index in [9.17, 15) is 14.9 Å². The highest BCUT2D eigenvalue weighted by atomic mass is 16.7. The van der Waals surface area contributed by atoms with Crippen LogP contribution in [0.1, 0.15) is 19.8 Å². The summed E-state index contributed by atoms with van der Waals surface area (Å²) in [5, 5.41) is 14.0. The van der Waals surface area contributed by atoms with Crippen LogP contribution < -0.4 is 5.32 Å². The molecule has 1 saturated heterocycles. The molecular formula is C16H22N2O6. The zero-order valence-electron chi connectivity index (χ0n) is 13.8. The lowest BCUT2D eigenvalue weighted by Crippen LogP contribution is -2.47. The number of nitrogens with one attached hydrogen (secondary N) is 1. The van der Waals surface area contributed by atoms with Crippen molar-refractivity contribution >= 4 is 17.3 Å². The molecule has 0 aliphatic carbocycles. The van der Waals surface area contributed by atoms with Crippen LogP contribution in [0.3, 0.4) is 0 Å². The van der Waals surface area contributed by atoms with Gasteiger partial charge in [-0.2, -0.15) is 0 Å². The predicted octanol–water partition coefficient (Wildman–Crippen LogP) is 2.34. The number of hydrogen-bond donors (Lipinski definition) is 1. The Labute approximate surface area is 140 Å². The molecule has 2 rings (SSSR count). The van der Waals surface area contributed by atoms with Gasteiger partial charge < -0.3 is 19.5 Å². The van der Waals surface area contributed by atoms with E-state index in [2.05, 4.69) is 5.32 Å². The van der Waals surface area contributed by atoms with Crippen LogP contribution in [-0.2, 0) is 19.0 Å². The van der Waals surface area contributed by atoms with Crippen molar-refractivity contribution in [2.75, 3.05) is 25.6 Å². The van der Waals surface area contributed by atoms with Gasteiger partial charge in [-0.3, -0.25) is 10.1 Å². The topological polar surface area (TPSA) is 99.9 Å². The van der Waals surface area contributed by atoms with E-state index in [1.807, 2.05) is 0 Å². The maximum absolute atomic E-state index is 12.4. The molecule has 0 unspecified atom stereocenters. The number of ether oxygens (including phenoxy) is 3. The van der Waals surface area contributed by atoms with Crippen LogP contribution in [0, 0.1) is 16.0 Å². The summed E-state index contributed by atoms with van der Waals surface area (Å²) in [5.41, 5.74) is 0.425. The first-order valence-electron chi connectivity index (χ1n) is 7.88. The monoisotopic (exact) mass is 338 g/mol. The van der Waals surface area contributed by atoms with Crippen LogP contribution in [0.5, 0.6) is 0 Å². The smallest absolute Gasteiger partial charge is 0.329 e. The number of carbonyl (C=O) groups is 1. The molecule has 1 heterocycles. The van der Waals surface area contributed by atoms with Crippen LogP contribution >= 0.6 is 0 Å². The SMILES string of the molecule is CCOC(=O)[C@H](Nc1cccc([N+](=O)[O-])c1)[C@@H]1CCCO[C@H]1OC. The van der Waals surface area contributed by atoms with E-state index < -0.39 is 23.2 Å². The number of hydrogen-bond acceptors (Lipinski definition) is 7. The van der Waals surface area contributed by atoms with Gasteiger partial charge in [-0.1, -0.05) is 6.07 Å². The normalized spacial score (nSPS) is 21.8. The molecule has 1 aromatic rings. The van der Waals surface area contributed by atoms with Crippen molar-refractivity contribution in [3.63, 3.8) is 0 Å². The molecule has 8 nitrogen and oxygen atoms in total. The predicted molar refractivity (Wildman–Crippen MR) is 86.6 cm³/mol. The van der Waals surface area contributed by atoms with E-state index in [-0.39, 0.29) is 18.2 Å². The second-order valence-corrected chi connectivity index (χ2v) is 5.46. The van der Waals surface area contributed by atoms with Gasteiger partial charge in [-0.15, -0.1) is 0 Å². The van der Waals surface area contributed by atoms with E-state index in [1.165, 1.54) is 19.2 Å². The number of rotatable bonds is 7. The molecule has 8 heteroatoms. The molecule has 132 valence electrons. The van der Waals surface area contributed by atoms with Gasteiger partial charge in [-0.25, -0.2) is 4.79 Å². The van der Waals surface area contributed by atoms with E-state index >= 15 is 0 Å². The molecule has 1 aliphatic heterocycles. The van der Waals surface area contributed by atoms with E-state index in [4.69, 9.17) is 14.2 Å². The minimum Gasteiger partial charge on any atom is -0.464 e. The highest BCUT2D eigenvalue weighted by Gasteiger charge is 2.38. The lowest BCUT2D eigenvalue weighted by molar-refractivity contribution is -0.384. The highest BCUT2D eigenvalue weighted by molar-refractivity contribution is 5.80. The Kier molecular flexibility index (Phi) is 6.51. The number of nitro benzene ring substituents is 1. The van der Waals surface area contributed by atoms with Crippen LogP contribution in [0.4, 0.5) is 11.4 Å². The zero-order chi connectivity index (χ0) is 17.5. The fraction of sp³-hybridized carbons (Fsp3) is 0.562. The molecule has 0 bridgehead atoms. The minimum atomic E-state index is -0.711. The van der Waals surface area contributed by atoms with E-state index in [0.29, 0.717) is 12.3 Å². The Morgan fingerprint density at radius 1 is 1.54 bits per heavy atom. The molecule has 1 aliphatic rings. The number of methoxy groups -OCH3 is 1. The largest absolute Gasteiger partial charge is 0.464 e. The standard InChI is InChI=1S/C16H22N2O6/c1-3-23-15(19)14(13-8-5-9-24-16(13)22-2)17-11-6-4-7-12(10-11)18(20)21/h4,6-7,10,13-14,16-17H,3,5,8-9H2,1-2H3/t13-,14+,16+/m0/s1. The minimum absolute atomic E-state index is 0.0502. The van der Waals surface area contributed by atoms with Crippen LogP contribution in [0.25, 0.3) is 0 Å². The van der Waals surface area contributed by atoms with Crippen molar-refractivity contribution in [1.82, 2.24) is 0 Å².